The molecule has 0 aromatic heterocycles. The third-order valence-electron chi connectivity index (χ3n) is 5.30. The number of carbonyl (C=O) groups is 2. The number of allylic oxidation sites excluding steroid dienone is 2. The zero-order valence-electron chi connectivity index (χ0n) is 15.4. The van der Waals surface area contributed by atoms with Crippen molar-refractivity contribution in [1.82, 2.24) is 0 Å². The van der Waals surface area contributed by atoms with Crippen molar-refractivity contribution in [3.05, 3.63) is 69.3 Å². The summed E-state index contributed by atoms with van der Waals surface area (Å²) in [6.45, 7) is 0. The van der Waals surface area contributed by atoms with E-state index in [4.69, 9.17) is 27.9 Å². The number of nitrogens with zero attached hydrogens (tertiary/aromatic N) is 1. The quantitative estimate of drug-likeness (QED) is 0.661. The van der Waals surface area contributed by atoms with Crippen LogP contribution in [0, 0.1) is 0 Å². The highest BCUT2D eigenvalue weighted by Crippen LogP contribution is 2.45. The number of amides is 1. The number of Topliss-reactive ketones (excluding diaryl/α,β-unsaturated/α-hetero) is 1. The van der Waals surface area contributed by atoms with Crippen molar-refractivity contribution in [3.63, 3.8) is 0 Å². The van der Waals surface area contributed by atoms with Crippen LogP contribution < -0.4 is 9.64 Å². The van der Waals surface area contributed by atoms with Gasteiger partial charge in [-0.15, -0.1) is 0 Å². The maximum absolute atomic E-state index is 13.2. The summed E-state index contributed by atoms with van der Waals surface area (Å²) < 4.78 is 5.50. The number of ketones is 1. The van der Waals surface area contributed by atoms with Crippen LogP contribution in [0.2, 0.25) is 10.0 Å². The van der Waals surface area contributed by atoms with Gasteiger partial charge in [-0.2, -0.15) is 0 Å². The molecule has 144 valence electrons. The summed E-state index contributed by atoms with van der Waals surface area (Å²) in [5.41, 5.74) is 2.92. The number of hydrogen-bond acceptors (Lipinski definition) is 3. The zero-order valence-corrected chi connectivity index (χ0v) is 16.9. The van der Waals surface area contributed by atoms with E-state index in [2.05, 4.69) is 0 Å². The lowest BCUT2D eigenvalue weighted by molar-refractivity contribution is -0.119. The van der Waals surface area contributed by atoms with E-state index in [-0.39, 0.29) is 24.0 Å². The summed E-state index contributed by atoms with van der Waals surface area (Å²) in [5.74, 6) is 0.382. The summed E-state index contributed by atoms with van der Waals surface area (Å²) in [4.78, 5) is 27.8. The van der Waals surface area contributed by atoms with Crippen molar-refractivity contribution in [1.29, 1.82) is 0 Å². The van der Waals surface area contributed by atoms with Gasteiger partial charge in [0.25, 0.3) is 0 Å². The topological polar surface area (TPSA) is 46.6 Å². The smallest absolute Gasteiger partial charge is 0.232 e. The van der Waals surface area contributed by atoms with Crippen molar-refractivity contribution < 1.29 is 14.3 Å². The van der Waals surface area contributed by atoms with Crippen LogP contribution in [0.4, 0.5) is 5.69 Å². The molecule has 0 saturated heterocycles. The zero-order chi connectivity index (χ0) is 19.8. The normalized spacial score (nSPS) is 19.7. The third-order valence-corrected chi connectivity index (χ3v) is 5.73. The van der Waals surface area contributed by atoms with Crippen LogP contribution in [0.1, 0.15) is 37.2 Å². The van der Waals surface area contributed by atoms with Gasteiger partial charge >= 0.3 is 0 Å². The third kappa shape index (κ3) is 3.31. The predicted octanol–water partition coefficient (Wildman–Crippen LogP) is 5.53. The Morgan fingerprint density at radius 2 is 1.75 bits per heavy atom. The number of anilines is 1. The van der Waals surface area contributed by atoms with Crippen LogP contribution in [0.5, 0.6) is 5.75 Å². The first kappa shape index (κ1) is 19.0. The van der Waals surface area contributed by atoms with Gasteiger partial charge in [0.15, 0.2) is 5.78 Å². The number of methoxy groups -OCH3 is 1. The number of para-hydroxylation sites is 1. The largest absolute Gasteiger partial charge is 0.496 e. The van der Waals surface area contributed by atoms with Crippen LogP contribution in [-0.2, 0) is 9.59 Å². The van der Waals surface area contributed by atoms with E-state index < -0.39 is 0 Å². The molecule has 2 aromatic carbocycles. The summed E-state index contributed by atoms with van der Waals surface area (Å²) >= 11 is 12.3. The molecule has 1 aliphatic carbocycles. The van der Waals surface area contributed by atoms with Gasteiger partial charge in [-0.05, 0) is 37.1 Å². The molecular formula is C22H19Cl2NO3. The van der Waals surface area contributed by atoms with Crippen molar-refractivity contribution in [2.24, 2.45) is 0 Å². The molecule has 0 saturated carbocycles. The average Bonchev–Trinajstić information content (AvgIpc) is 2.66. The minimum Gasteiger partial charge on any atom is -0.496 e. The van der Waals surface area contributed by atoms with Crippen molar-refractivity contribution >= 4 is 40.6 Å². The van der Waals surface area contributed by atoms with Gasteiger partial charge in [0.2, 0.25) is 5.91 Å². The molecule has 1 heterocycles. The van der Waals surface area contributed by atoms with Crippen molar-refractivity contribution in [2.75, 3.05) is 12.0 Å². The fraction of sp³-hybridized carbons (Fsp3) is 0.273. The van der Waals surface area contributed by atoms with Crippen LogP contribution in [0.3, 0.4) is 0 Å². The number of rotatable bonds is 3. The first-order chi connectivity index (χ1) is 13.5. The van der Waals surface area contributed by atoms with E-state index in [1.807, 2.05) is 24.3 Å². The maximum Gasteiger partial charge on any atom is 0.232 e. The van der Waals surface area contributed by atoms with E-state index >= 15 is 0 Å². The van der Waals surface area contributed by atoms with Crippen LogP contribution in [0.15, 0.2) is 53.7 Å². The Morgan fingerprint density at radius 1 is 1.04 bits per heavy atom. The molecule has 0 radical (unpaired) electrons. The van der Waals surface area contributed by atoms with Crippen molar-refractivity contribution in [3.8, 4) is 5.75 Å². The van der Waals surface area contributed by atoms with Gasteiger partial charge in [0, 0.05) is 45.6 Å². The van der Waals surface area contributed by atoms with Crippen molar-refractivity contribution in [2.45, 2.75) is 31.6 Å². The molecule has 1 atom stereocenters. The number of benzene rings is 2. The second-order valence-electron chi connectivity index (χ2n) is 6.99. The fourth-order valence-corrected chi connectivity index (χ4v) is 4.70. The van der Waals surface area contributed by atoms with E-state index in [9.17, 15) is 9.59 Å². The Hall–Kier alpha value is -2.30. The molecule has 0 bridgehead atoms. The van der Waals surface area contributed by atoms with Gasteiger partial charge in [-0.3, -0.25) is 14.5 Å². The molecule has 1 unspecified atom stereocenters. The van der Waals surface area contributed by atoms with Gasteiger partial charge < -0.3 is 4.74 Å². The Balaban J connectivity index is 1.89. The first-order valence-electron chi connectivity index (χ1n) is 9.18. The maximum atomic E-state index is 13.2. The Morgan fingerprint density at radius 3 is 2.46 bits per heavy atom. The minimum atomic E-state index is -0.308. The summed E-state index contributed by atoms with van der Waals surface area (Å²) in [6.07, 6.45) is 2.05. The van der Waals surface area contributed by atoms with E-state index in [0.717, 1.165) is 11.3 Å². The SMILES string of the molecule is COc1ccccc1C1CC(=O)N(c2cc(Cl)cc(Cl)c2)C2=C1C(=O)CCC2. The highest BCUT2D eigenvalue weighted by atomic mass is 35.5. The molecule has 2 aromatic rings. The Kier molecular flexibility index (Phi) is 5.17. The van der Waals surface area contributed by atoms with Gasteiger partial charge in [-0.1, -0.05) is 41.4 Å². The fourth-order valence-electron chi connectivity index (χ4n) is 4.18. The molecule has 4 rings (SSSR count). The predicted molar refractivity (Wildman–Crippen MR) is 110 cm³/mol. The molecule has 4 nitrogen and oxygen atoms in total. The molecular weight excluding hydrogens is 397 g/mol. The molecule has 0 N–H and O–H groups in total. The molecule has 0 spiro atoms. The number of ether oxygens (including phenoxy) is 1. The van der Waals surface area contributed by atoms with Crippen LogP contribution >= 0.6 is 23.2 Å². The monoisotopic (exact) mass is 415 g/mol. The average molecular weight is 416 g/mol. The summed E-state index contributed by atoms with van der Waals surface area (Å²) in [5, 5.41) is 0.901. The summed E-state index contributed by atoms with van der Waals surface area (Å²) in [7, 11) is 1.60. The lowest BCUT2D eigenvalue weighted by Crippen LogP contribution is -2.40. The first-order valence-corrected chi connectivity index (χ1v) is 9.93. The lowest BCUT2D eigenvalue weighted by atomic mass is 9.77. The second kappa shape index (κ2) is 7.61. The number of halogens is 2. The molecule has 28 heavy (non-hydrogen) atoms. The highest BCUT2D eigenvalue weighted by molar-refractivity contribution is 6.35. The Bertz CT molecular complexity index is 979. The number of carbonyl (C=O) groups excluding carboxylic acids is 2. The van der Waals surface area contributed by atoms with Gasteiger partial charge in [-0.25, -0.2) is 0 Å². The Labute approximate surface area is 173 Å². The van der Waals surface area contributed by atoms with E-state index in [0.29, 0.717) is 46.3 Å². The lowest BCUT2D eigenvalue weighted by Gasteiger charge is -2.38. The highest BCUT2D eigenvalue weighted by Gasteiger charge is 2.40. The molecule has 2 aliphatic rings. The summed E-state index contributed by atoms with van der Waals surface area (Å²) in [6, 6.07) is 12.6. The molecule has 0 fully saturated rings. The second-order valence-corrected chi connectivity index (χ2v) is 7.87. The molecule has 1 aliphatic heterocycles. The van der Waals surface area contributed by atoms with E-state index in [1.165, 1.54) is 0 Å². The molecule has 1 amide bonds. The minimum absolute atomic E-state index is 0.0808. The van der Waals surface area contributed by atoms with Gasteiger partial charge in [0.1, 0.15) is 5.75 Å². The molecule has 6 heteroatoms. The van der Waals surface area contributed by atoms with Crippen LogP contribution in [-0.4, -0.2) is 18.8 Å². The number of hydrogen-bond donors (Lipinski definition) is 0. The standard InChI is InChI=1S/C22H19Cl2NO3/c1-28-20-8-3-2-5-16(20)17-12-21(27)25(15-10-13(23)9-14(24)11-15)18-6-4-7-19(26)22(17)18/h2-3,5,8-11,17H,4,6-7,12H2,1H3. The van der Waals surface area contributed by atoms with Gasteiger partial charge in [0.05, 0.1) is 12.8 Å². The van der Waals surface area contributed by atoms with Crippen LogP contribution in [0.25, 0.3) is 0 Å². The van der Waals surface area contributed by atoms with E-state index in [1.54, 1.807) is 30.2 Å².